The fourth-order valence-corrected chi connectivity index (χ4v) is 4.05. The van der Waals surface area contributed by atoms with Gasteiger partial charge in [-0.2, -0.15) is 0 Å². The summed E-state index contributed by atoms with van der Waals surface area (Å²) in [6.45, 7) is 9.04. The number of anilines is 2. The van der Waals surface area contributed by atoms with Crippen molar-refractivity contribution in [2.45, 2.75) is 64.7 Å². The quantitative estimate of drug-likeness (QED) is 0.498. The third-order valence-corrected chi connectivity index (χ3v) is 6.10. The van der Waals surface area contributed by atoms with Crippen molar-refractivity contribution >= 4 is 11.4 Å². The number of hydrogen-bond acceptors (Lipinski definition) is 3. The molecule has 1 heterocycles. The molecule has 0 amide bonds. The Kier molecular flexibility index (Phi) is 5.49. The third kappa shape index (κ3) is 4.72. The minimum absolute atomic E-state index is 0.173. The van der Waals surface area contributed by atoms with Crippen LogP contribution in [-0.4, -0.2) is 4.98 Å². The topological polar surface area (TPSA) is 38.1 Å². The van der Waals surface area contributed by atoms with Gasteiger partial charge in [-0.25, -0.2) is 4.98 Å². The van der Waals surface area contributed by atoms with Crippen molar-refractivity contribution in [3.05, 3.63) is 66.2 Å². The minimum Gasteiger partial charge on any atom is -0.440 e. The molecule has 3 aromatic rings. The van der Waals surface area contributed by atoms with Gasteiger partial charge in [-0.1, -0.05) is 39.8 Å². The molecule has 1 aromatic heterocycles. The lowest BCUT2D eigenvalue weighted by Crippen LogP contribution is -2.10. The zero-order chi connectivity index (χ0) is 20.4. The first-order chi connectivity index (χ1) is 13.9. The molecule has 1 saturated carbocycles. The van der Waals surface area contributed by atoms with Crippen molar-refractivity contribution in [3.63, 3.8) is 0 Å². The van der Waals surface area contributed by atoms with Crippen LogP contribution in [0.15, 0.2) is 59.1 Å². The van der Waals surface area contributed by atoms with Crippen molar-refractivity contribution in [2.75, 3.05) is 5.32 Å². The molecule has 0 unspecified atom stereocenters. The molecule has 1 N–H and O–H groups in total. The molecule has 3 heteroatoms. The first kappa shape index (κ1) is 19.8. The molecule has 0 atom stereocenters. The van der Waals surface area contributed by atoms with Crippen molar-refractivity contribution in [1.82, 2.24) is 4.98 Å². The van der Waals surface area contributed by atoms with Gasteiger partial charge < -0.3 is 9.73 Å². The van der Waals surface area contributed by atoms with Crippen LogP contribution in [0.25, 0.3) is 11.3 Å². The molecule has 0 spiro atoms. The Bertz CT molecular complexity index is 924. The van der Waals surface area contributed by atoms with Crippen LogP contribution in [0.4, 0.5) is 11.4 Å². The lowest BCUT2D eigenvalue weighted by molar-refractivity contribution is 0.309. The SMILES string of the molecule is CC1CCC(c2ncc(-c3ccc(Nc4ccc(C(C)(C)C)cc4)cc3)o2)CC1. The van der Waals surface area contributed by atoms with Crippen molar-refractivity contribution in [3.8, 4) is 11.3 Å². The highest BCUT2D eigenvalue weighted by molar-refractivity contribution is 5.65. The summed E-state index contributed by atoms with van der Waals surface area (Å²) in [7, 11) is 0. The van der Waals surface area contributed by atoms with E-state index in [1.165, 1.54) is 31.2 Å². The maximum atomic E-state index is 6.12. The van der Waals surface area contributed by atoms with E-state index in [-0.39, 0.29) is 5.41 Å². The summed E-state index contributed by atoms with van der Waals surface area (Å²) in [5, 5.41) is 3.48. The molecule has 29 heavy (non-hydrogen) atoms. The first-order valence-electron chi connectivity index (χ1n) is 10.8. The minimum atomic E-state index is 0.173. The number of rotatable bonds is 4. The molecule has 0 saturated heterocycles. The van der Waals surface area contributed by atoms with E-state index in [1.54, 1.807) is 0 Å². The molecule has 3 nitrogen and oxygen atoms in total. The van der Waals surface area contributed by atoms with Crippen LogP contribution in [0.2, 0.25) is 0 Å². The second-order valence-corrected chi connectivity index (χ2v) is 9.55. The number of hydrogen-bond donors (Lipinski definition) is 1. The van der Waals surface area contributed by atoms with E-state index in [2.05, 4.69) is 86.5 Å². The van der Waals surface area contributed by atoms with Gasteiger partial charge in [0.05, 0.1) is 6.20 Å². The van der Waals surface area contributed by atoms with E-state index >= 15 is 0 Å². The van der Waals surface area contributed by atoms with Crippen LogP contribution >= 0.6 is 0 Å². The van der Waals surface area contributed by atoms with Gasteiger partial charge in [0.2, 0.25) is 0 Å². The van der Waals surface area contributed by atoms with Gasteiger partial charge in [-0.15, -0.1) is 0 Å². The average Bonchev–Trinajstić information content (AvgIpc) is 3.19. The Morgan fingerprint density at radius 2 is 1.45 bits per heavy atom. The summed E-state index contributed by atoms with van der Waals surface area (Å²) in [5.74, 6) is 3.09. The summed E-state index contributed by atoms with van der Waals surface area (Å²) in [5.41, 5.74) is 4.75. The lowest BCUT2D eigenvalue weighted by Gasteiger charge is -2.23. The third-order valence-electron chi connectivity index (χ3n) is 6.10. The van der Waals surface area contributed by atoms with Crippen molar-refractivity contribution < 1.29 is 4.42 Å². The summed E-state index contributed by atoms with van der Waals surface area (Å²) < 4.78 is 6.12. The standard InChI is InChI=1S/C26H32N2O/c1-18-5-7-20(8-6-18)25-27-17-24(29-25)19-9-13-22(14-10-19)28-23-15-11-21(12-16-23)26(2,3)4/h9-18,20,28H,5-8H2,1-4H3. The lowest BCUT2D eigenvalue weighted by atomic mass is 9.83. The highest BCUT2D eigenvalue weighted by atomic mass is 16.4. The van der Waals surface area contributed by atoms with Crippen LogP contribution in [0.1, 0.15) is 70.8 Å². The van der Waals surface area contributed by atoms with Gasteiger partial charge in [0.1, 0.15) is 0 Å². The van der Waals surface area contributed by atoms with Gasteiger partial charge in [0.15, 0.2) is 11.7 Å². The maximum absolute atomic E-state index is 6.12. The van der Waals surface area contributed by atoms with E-state index in [0.717, 1.165) is 34.5 Å². The monoisotopic (exact) mass is 388 g/mol. The number of nitrogens with one attached hydrogen (secondary N) is 1. The zero-order valence-electron chi connectivity index (χ0n) is 18.0. The number of benzene rings is 2. The number of oxazole rings is 1. The van der Waals surface area contributed by atoms with Gasteiger partial charge in [0, 0.05) is 22.9 Å². The molecule has 0 radical (unpaired) electrons. The summed E-state index contributed by atoms with van der Waals surface area (Å²) in [6, 6.07) is 17.1. The van der Waals surface area contributed by atoms with E-state index in [9.17, 15) is 0 Å². The fraction of sp³-hybridized carbons (Fsp3) is 0.423. The highest BCUT2D eigenvalue weighted by Crippen LogP contribution is 2.36. The molecule has 0 bridgehead atoms. The molecule has 2 aromatic carbocycles. The van der Waals surface area contributed by atoms with Crippen LogP contribution in [0, 0.1) is 5.92 Å². The molecular weight excluding hydrogens is 356 g/mol. The van der Waals surface area contributed by atoms with Gasteiger partial charge in [0.25, 0.3) is 0 Å². The van der Waals surface area contributed by atoms with E-state index in [1.807, 2.05) is 6.20 Å². The predicted molar refractivity (Wildman–Crippen MR) is 121 cm³/mol. The van der Waals surface area contributed by atoms with E-state index in [0.29, 0.717) is 5.92 Å². The zero-order valence-corrected chi connectivity index (χ0v) is 18.0. The number of aromatic nitrogens is 1. The van der Waals surface area contributed by atoms with Crippen LogP contribution in [-0.2, 0) is 5.41 Å². The van der Waals surface area contributed by atoms with Crippen molar-refractivity contribution in [1.29, 1.82) is 0 Å². The summed E-state index contributed by atoms with van der Waals surface area (Å²) in [6.07, 6.45) is 6.82. The Balaban J connectivity index is 1.42. The van der Waals surface area contributed by atoms with Crippen molar-refractivity contribution in [2.24, 2.45) is 5.92 Å². The molecule has 0 aliphatic heterocycles. The fourth-order valence-electron chi connectivity index (χ4n) is 4.05. The Labute approximate surface area is 174 Å². The largest absolute Gasteiger partial charge is 0.440 e. The molecular formula is C26H32N2O. The number of nitrogens with zero attached hydrogens (tertiary/aromatic N) is 1. The smallest absolute Gasteiger partial charge is 0.198 e. The van der Waals surface area contributed by atoms with Gasteiger partial charge >= 0.3 is 0 Å². The molecule has 1 aliphatic rings. The van der Waals surface area contributed by atoms with Gasteiger partial charge in [-0.05, 0) is 79.0 Å². The predicted octanol–water partition coefficient (Wildman–Crippen LogP) is 7.68. The second kappa shape index (κ2) is 8.06. The molecule has 1 fully saturated rings. The Hall–Kier alpha value is -2.55. The maximum Gasteiger partial charge on any atom is 0.198 e. The molecule has 4 rings (SSSR count). The van der Waals surface area contributed by atoms with Crippen LogP contribution < -0.4 is 5.32 Å². The second-order valence-electron chi connectivity index (χ2n) is 9.55. The summed E-state index contributed by atoms with van der Waals surface area (Å²) >= 11 is 0. The Morgan fingerprint density at radius 3 is 2.03 bits per heavy atom. The summed E-state index contributed by atoms with van der Waals surface area (Å²) in [4.78, 5) is 4.58. The average molecular weight is 389 g/mol. The normalized spacial score (nSPS) is 19.9. The first-order valence-corrected chi connectivity index (χ1v) is 10.8. The van der Waals surface area contributed by atoms with Crippen LogP contribution in [0.3, 0.4) is 0 Å². The van der Waals surface area contributed by atoms with Gasteiger partial charge in [-0.3, -0.25) is 0 Å². The molecule has 1 aliphatic carbocycles. The molecule has 152 valence electrons. The van der Waals surface area contributed by atoms with E-state index < -0.39 is 0 Å². The Morgan fingerprint density at radius 1 is 0.862 bits per heavy atom. The highest BCUT2D eigenvalue weighted by Gasteiger charge is 2.23. The van der Waals surface area contributed by atoms with E-state index in [4.69, 9.17) is 4.42 Å². The van der Waals surface area contributed by atoms with Crippen LogP contribution in [0.5, 0.6) is 0 Å².